The highest BCUT2D eigenvalue weighted by Crippen LogP contribution is 2.32. The molecule has 8 heteroatoms. The van der Waals surface area contributed by atoms with E-state index in [1.807, 2.05) is 25.1 Å². The van der Waals surface area contributed by atoms with Crippen LogP contribution in [0, 0.1) is 5.92 Å². The second-order valence-electron chi connectivity index (χ2n) is 8.15. The third-order valence-electron chi connectivity index (χ3n) is 5.85. The molecule has 1 heterocycles. The minimum Gasteiger partial charge on any atom is -0.493 e. The van der Waals surface area contributed by atoms with Gasteiger partial charge in [-0.1, -0.05) is 30.3 Å². The number of aryl methyl sites for hydroxylation is 1. The first kappa shape index (κ1) is 24.1. The summed E-state index contributed by atoms with van der Waals surface area (Å²) < 4.78 is 38.2. The fourth-order valence-electron chi connectivity index (χ4n) is 3.96. The van der Waals surface area contributed by atoms with E-state index in [1.54, 1.807) is 6.07 Å². The first-order chi connectivity index (χ1) is 15.3. The lowest BCUT2D eigenvalue weighted by Gasteiger charge is -2.32. The number of hydrogen-bond acceptors (Lipinski definition) is 5. The average molecular weight is 461 g/mol. The summed E-state index contributed by atoms with van der Waals surface area (Å²) in [5.74, 6) is 0.370. The van der Waals surface area contributed by atoms with E-state index in [4.69, 9.17) is 9.47 Å². The number of amides is 1. The molecule has 0 radical (unpaired) electrons. The van der Waals surface area contributed by atoms with E-state index in [9.17, 15) is 13.2 Å². The molecule has 0 aromatic heterocycles. The zero-order valence-electron chi connectivity index (χ0n) is 18.9. The van der Waals surface area contributed by atoms with Gasteiger partial charge in [0.15, 0.2) is 11.5 Å². The second-order valence-corrected chi connectivity index (χ2v) is 10.1. The largest absolute Gasteiger partial charge is 0.493 e. The molecule has 1 fully saturated rings. The third kappa shape index (κ3) is 5.81. The van der Waals surface area contributed by atoms with Crippen molar-refractivity contribution >= 4 is 15.9 Å². The molecule has 0 bridgehead atoms. The maximum absolute atomic E-state index is 13.2. The number of carbonyl (C=O) groups is 1. The molecule has 0 spiro atoms. The van der Waals surface area contributed by atoms with Crippen molar-refractivity contribution in [3.63, 3.8) is 0 Å². The van der Waals surface area contributed by atoms with Gasteiger partial charge < -0.3 is 14.8 Å². The predicted molar refractivity (Wildman–Crippen MR) is 123 cm³/mol. The summed E-state index contributed by atoms with van der Waals surface area (Å²) in [6.45, 7) is 2.56. The molecule has 32 heavy (non-hydrogen) atoms. The minimum atomic E-state index is -3.74. The fourth-order valence-corrected chi connectivity index (χ4v) is 5.50. The average Bonchev–Trinajstić information content (AvgIpc) is 2.83. The lowest BCUT2D eigenvalue weighted by Crippen LogP contribution is -2.47. The molecule has 1 N–H and O–H groups in total. The summed E-state index contributed by atoms with van der Waals surface area (Å²) in [7, 11) is -0.776. The molecular formula is C24H32N2O5S. The Hall–Kier alpha value is -2.58. The number of nitrogens with one attached hydrogen (secondary N) is 1. The number of carbonyl (C=O) groups excluding carboxylic acids is 1. The first-order valence-electron chi connectivity index (χ1n) is 10.9. The maximum Gasteiger partial charge on any atom is 0.243 e. The van der Waals surface area contributed by atoms with Gasteiger partial charge in [0.1, 0.15) is 0 Å². The summed E-state index contributed by atoms with van der Waals surface area (Å²) in [6, 6.07) is 14.7. The Balaban J connectivity index is 1.62. The number of piperidine rings is 1. The Labute approximate surface area is 190 Å². The van der Waals surface area contributed by atoms with Crippen LogP contribution in [0.2, 0.25) is 0 Å². The second kappa shape index (κ2) is 10.8. The smallest absolute Gasteiger partial charge is 0.243 e. The maximum atomic E-state index is 13.2. The molecule has 1 amide bonds. The normalized spacial score (nSPS) is 18.0. The molecule has 174 valence electrons. The summed E-state index contributed by atoms with van der Waals surface area (Å²) in [6.07, 6.45) is 3.03. The van der Waals surface area contributed by atoms with E-state index in [1.165, 1.54) is 36.2 Å². The van der Waals surface area contributed by atoms with Crippen LogP contribution in [0.1, 0.15) is 31.7 Å². The molecule has 1 saturated heterocycles. The van der Waals surface area contributed by atoms with Crippen LogP contribution in [0.15, 0.2) is 53.4 Å². The minimum absolute atomic E-state index is 0.0144. The highest BCUT2D eigenvalue weighted by atomic mass is 32.2. The highest BCUT2D eigenvalue weighted by molar-refractivity contribution is 7.89. The van der Waals surface area contributed by atoms with Crippen LogP contribution < -0.4 is 14.8 Å². The molecule has 2 aromatic rings. The van der Waals surface area contributed by atoms with E-state index in [0.29, 0.717) is 30.9 Å². The summed E-state index contributed by atoms with van der Waals surface area (Å²) in [5.41, 5.74) is 1.23. The van der Waals surface area contributed by atoms with E-state index < -0.39 is 10.0 Å². The fraction of sp³-hybridized carbons (Fsp3) is 0.458. The Kier molecular flexibility index (Phi) is 8.15. The van der Waals surface area contributed by atoms with Crippen LogP contribution >= 0.6 is 0 Å². The third-order valence-corrected chi connectivity index (χ3v) is 7.71. The summed E-state index contributed by atoms with van der Waals surface area (Å²) in [5, 5.41) is 3.07. The molecule has 3 rings (SSSR count). The lowest BCUT2D eigenvalue weighted by molar-refractivity contribution is -0.126. The quantitative estimate of drug-likeness (QED) is 0.621. The number of methoxy groups -OCH3 is 2. The van der Waals surface area contributed by atoms with Crippen LogP contribution in [0.4, 0.5) is 0 Å². The van der Waals surface area contributed by atoms with Gasteiger partial charge in [0.2, 0.25) is 15.9 Å². The molecule has 2 atom stereocenters. The Morgan fingerprint density at radius 3 is 2.53 bits per heavy atom. The van der Waals surface area contributed by atoms with Crippen LogP contribution in [0.25, 0.3) is 0 Å². The zero-order valence-corrected chi connectivity index (χ0v) is 19.7. The van der Waals surface area contributed by atoms with Crippen molar-refractivity contribution in [3.8, 4) is 11.5 Å². The van der Waals surface area contributed by atoms with Crippen molar-refractivity contribution in [1.29, 1.82) is 0 Å². The highest BCUT2D eigenvalue weighted by Gasteiger charge is 2.34. The molecule has 1 aliphatic rings. The standard InChI is InChI=1S/C24H32N2O5S/c1-18(11-12-19-8-5-4-6-9-19)25-24(27)20-10-7-15-26(17-20)32(28,29)21-13-14-22(30-2)23(16-21)31-3/h4-6,8-9,13-14,16,18,20H,7,10-12,15,17H2,1-3H3,(H,25,27)/t18-,20+/m1/s1. The molecule has 2 aromatic carbocycles. The van der Waals surface area contributed by atoms with Crippen LogP contribution in [-0.2, 0) is 21.2 Å². The zero-order chi connectivity index (χ0) is 23.1. The van der Waals surface area contributed by atoms with Crippen LogP contribution in [-0.4, -0.2) is 52.0 Å². The number of ether oxygens (including phenoxy) is 2. The van der Waals surface area contributed by atoms with Crippen molar-refractivity contribution in [1.82, 2.24) is 9.62 Å². The van der Waals surface area contributed by atoms with Gasteiger partial charge >= 0.3 is 0 Å². The summed E-state index contributed by atoms with van der Waals surface area (Å²) >= 11 is 0. The van der Waals surface area contributed by atoms with Gasteiger partial charge in [-0.25, -0.2) is 8.42 Å². The Bertz CT molecular complexity index is 1010. The van der Waals surface area contributed by atoms with Crippen molar-refractivity contribution in [2.75, 3.05) is 27.3 Å². The van der Waals surface area contributed by atoms with Gasteiger partial charge in [0.05, 0.1) is 25.0 Å². The van der Waals surface area contributed by atoms with Crippen molar-refractivity contribution in [3.05, 3.63) is 54.1 Å². The van der Waals surface area contributed by atoms with E-state index in [-0.39, 0.29) is 29.3 Å². The molecule has 1 aliphatic heterocycles. The van der Waals surface area contributed by atoms with Crippen LogP contribution in [0.5, 0.6) is 11.5 Å². The number of benzene rings is 2. The van der Waals surface area contributed by atoms with Gasteiger partial charge in [-0.2, -0.15) is 4.31 Å². The van der Waals surface area contributed by atoms with E-state index in [0.717, 1.165) is 12.8 Å². The monoisotopic (exact) mass is 460 g/mol. The topological polar surface area (TPSA) is 84.9 Å². The molecule has 0 aliphatic carbocycles. The molecule has 0 saturated carbocycles. The first-order valence-corrected chi connectivity index (χ1v) is 12.4. The van der Waals surface area contributed by atoms with Gasteiger partial charge in [-0.15, -0.1) is 0 Å². The number of sulfonamides is 1. The van der Waals surface area contributed by atoms with Gasteiger partial charge in [0.25, 0.3) is 0 Å². The van der Waals surface area contributed by atoms with Crippen molar-refractivity contribution in [2.24, 2.45) is 5.92 Å². The number of rotatable bonds is 9. The van der Waals surface area contributed by atoms with Gasteiger partial charge in [-0.3, -0.25) is 4.79 Å². The Morgan fingerprint density at radius 1 is 1.12 bits per heavy atom. The van der Waals surface area contributed by atoms with Gasteiger partial charge in [0, 0.05) is 25.2 Å². The molecule has 7 nitrogen and oxygen atoms in total. The molecular weight excluding hydrogens is 428 g/mol. The Morgan fingerprint density at radius 2 is 1.84 bits per heavy atom. The predicted octanol–water partition coefficient (Wildman–Crippen LogP) is 3.24. The van der Waals surface area contributed by atoms with Crippen molar-refractivity contribution < 1.29 is 22.7 Å². The SMILES string of the molecule is COc1ccc(S(=O)(=O)N2CCC[C@H](C(=O)N[C@H](C)CCc3ccccc3)C2)cc1OC. The number of hydrogen-bond donors (Lipinski definition) is 1. The lowest BCUT2D eigenvalue weighted by atomic mass is 9.98. The van der Waals surface area contributed by atoms with E-state index in [2.05, 4.69) is 17.4 Å². The summed E-state index contributed by atoms with van der Waals surface area (Å²) in [4.78, 5) is 13.0. The van der Waals surface area contributed by atoms with Gasteiger partial charge in [-0.05, 0) is 50.3 Å². The number of nitrogens with zero attached hydrogens (tertiary/aromatic N) is 1. The van der Waals surface area contributed by atoms with Crippen molar-refractivity contribution in [2.45, 2.75) is 43.5 Å². The van der Waals surface area contributed by atoms with Crippen LogP contribution in [0.3, 0.4) is 0 Å². The molecule has 0 unspecified atom stereocenters. The van der Waals surface area contributed by atoms with E-state index >= 15 is 0 Å².